The Morgan fingerprint density at radius 2 is 0.930 bits per heavy atom. The maximum atomic E-state index is 9.71. The van der Waals surface area contributed by atoms with E-state index in [0.717, 1.165) is 30.8 Å². The quantitative estimate of drug-likeness (QED) is 0.217. The van der Waals surface area contributed by atoms with Crippen molar-refractivity contribution in [2.75, 3.05) is 0 Å². The molecule has 0 aliphatic carbocycles. The minimum atomic E-state index is 0.402. The highest BCUT2D eigenvalue weighted by molar-refractivity contribution is 6.39. The fourth-order valence-corrected chi connectivity index (χ4v) is 7.54. The highest BCUT2D eigenvalue weighted by atomic mass is 15.0. The van der Waals surface area contributed by atoms with Crippen LogP contribution in [0.15, 0.2) is 84.9 Å². The second-order valence-corrected chi connectivity index (χ2v) is 11.2. The summed E-state index contributed by atoms with van der Waals surface area (Å²) in [6.45, 7) is 9.30. The van der Waals surface area contributed by atoms with E-state index >= 15 is 0 Å². The van der Waals surface area contributed by atoms with Crippen molar-refractivity contribution >= 4 is 65.4 Å². The van der Waals surface area contributed by atoms with Gasteiger partial charge in [-0.2, -0.15) is 10.5 Å². The maximum absolute atomic E-state index is 9.71. The average Bonchev–Trinajstić information content (AvgIpc) is 3.68. The monoisotopic (exact) mass is 555 g/mol. The summed E-state index contributed by atoms with van der Waals surface area (Å²) in [5.74, 6) is 0. The Labute approximate surface area is 249 Å². The van der Waals surface area contributed by atoms with Crippen molar-refractivity contribution in [3.8, 4) is 23.3 Å². The Kier molecular flexibility index (Phi) is 5.42. The number of rotatable bonds is 4. The van der Waals surface area contributed by atoms with Crippen LogP contribution in [0.5, 0.6) is 0 Å². The van der Waals surface area contributed by atoms with Gasteiger partial charge in [0.15, 0.2) is 0 Å². The molecule has 5 heteroatoms. The Bertz CT molecular complexity index is 2500. The van der Waals surface area contributed by atoms with Crippen LogP contribution in [0.4, 0.5) is 0 Å². The van der Waals surface area contributed by atoms with E-state index in [1.54, 1.807) is 6.07 Å². The minimum absolute atomic E-state index is 0.402. The number of hydrogen-bond donors (Lipinski definition) is 0. The van der Waals surface area contributed by atoms with Crippen molar-refractivity contribution in [3.63, 3.8) is 0 Å². The summed E-state index contributed by atoms with van der Waals surface area (Å²) in [4.78, 5) is 0. The van der Waals surface area contributed by atoms with Gasteiger partial charge in [0.25, 0.3) is 0 Å². The van der Waals surface area contributed by atoms with Crippen LogP contribution in [-0.4, -0.2) is 13.7 Å². The lowest BCUT2D eigenvalue weighted by Gasteiger charge is -2.10. The van der Waals surface area contributed by atoms with Crippen molar-refractivity contribution in [3.05, 3.63) is 96.1 Å². The second-order valence-electron chi connectivity index (χ2n) is 11.2. The number of hydrogen-bond acceptors (Lipinski definition) is 2. The van der Waals surface area contributed by atoms with Gasteiger partial charge in [-0.1, -0.05) is 48.5 Å². The molecule has 5 nitrogen and oxygen atoms in total. The lowest BCUT2D eigenvalue weighted by atomic mass is 9.97. The largest absolute Gasteiger partial charge is 0.340 e. The first-order valence-electron chi connectivity index (χ1n) is 15.0. The van der Waals surface area contributed by atoms with Crippen molar-refractivity contribution in [1.82, 2.24) is 13.7 Å². The van der Waals surface area contributed by atoms with Crippen LogP contribution in [0.25, 0.3) is 76.5 Å². The van der Waals surface area contributed by atoms with Crippen LogP contribution in [-0.2, 0) is 19.6 Å². The van der Waals surface area contributed by atoms with Gasteiger partial charge < -0.3 is 13.7 Å². The molecule has 8 rings (SSSR count). The number of aromatic nitrogens is 3. The van der Waals surface area contributed by atoms with E-state index in [9.17, 15) is 10.5 Å². The van der Waals surface area contributed by atoms with E-state index in [-0.39, 0.29) is 0 Å². The number of nitriles is 2. The molecule has 0 aliphatic rings. The summed E-state index contributed by atoms with van der Waals surface area (Å²) in [6.07, 6.45) is 0. The highest BCUT2D eigenvalue weighted by Gasteiger charge is 2.26. The van der Waals surface area contributed by atoms with E-state index in [1.165, 1.54) is 65.4 Å². The van der Waals surface area contributed by atoms with E-state index in [4.69, 9.17) is 0 Å². The highest BCUT2D eigenvalue weighted by Crippen LogP contribution is 2.48. The zero-order valence-corrected chi connectivity index (χ0v) is 24.4. The summed E-state index contributed by atoms with van der Waals surface area (Å²) >= 11 is 0. The van der Waals surface area contributed by atoms with E-state index in [2.05, 4.69) is 113 Å². The molecule has 0 bridgehead atoms. The van der Waals surface area contributed by atoms with E-state index in [0.29, 0.717) is 11.1 Å². The molecule has 0 spiro atoms. The van der Waals surface area contributed by atoms with Gasteiger partial charge in [0.05, 0.1) is 27.7 Å². The third-order valence-electron chi connectivity index (χ3n) is 9.26. The average molecular weight is 556 g/mol. The molecule has 0 N–H and O–H groups in total. The first kappa shape index (κ1) is 25.2. The fourth-order valence-electron chi connectivity index (χ4n) is 7.54. The first-order valence-corrected chi connectivity index (χ1v) is 15.0. The van der Waals surface area contributed by atoms with Crippen LogP contribution >= 0.6 is 0 Å². The first-order chi connectivity index (χ1) is 21.1. The van der Waals surface area contributed by atoms with Gasteiger partial charge in [-0.15, -0.1) is 0 Å². The lowest BCUT2D eigenvalue weighted by Crippen LogP contribution is -1.98. The number of aryl methyl sites for hydroxylation is 3. The SMILES string of the molecule is CCn1c2ccccc2c2c1c1c3ccccc3n(CC)c1c1c3cc(-c4ccc(C#N)c(C#N)c4)ccc3n(CC)c21. The second kappa shape index (κ2) is 9.24. The smallest absolute Gasteiger partial charge is 0.101 e. The van der Waals surface area contributed by atoms with Crippen LogP contribution in [0.3, 0.4) is 0 Å². The van der Waals surface area contributed by atoms with Gasteiger partial charge in [0, 0.05) is 68.5 Å². The third-order valence-corrected chi connectivity index (χ3v) is 9.26. The zero-order valence-electron chi connectivity index (χ0n) is 24.4. The summed E-state index contributed by atoms with van der Waals surface area (Å²) in [5.41, 5.74) is 10.3. The van der Waals surface area contributed by atoms with Gasteiger partial charge in [0.1, 0.15) is 12.1 Å². The van der Waals surface area contributed by atoms with Crippen LogP contribution < -0.4 is 0 Å². The van der Waals surface area contributed by atoms with Crippen LogP contribution in [0.1, 0.15) is 31.9 Å². The van der Waals surface area contributed by atoms with Gasteiger partial charge in [-0.05, 0) is 68.3 Å². The number of fused-ring (bicyclic) bond motifs is 12. The number of benzene rings is 5. The van der Waals surface area contributed by atoms with Gasteiger partial charge >= 0.3 is 0 Å². The van der Waals surface area contributed by atoms with E-state index < -0.39 is 0 Å². The molecule has 3 aromatic heterocycles. The summed E-state index contributed by atoms with van der Waals surface area (Å²) in [5, 5.41) is 26.9. The molecular formula is C38H29N5. The lowest BCUT2D eigenvalue weighted by molar-refractivity contribution is 0.821. The summed E-state index contributed by atoms with van der Waals surface area (Å²) in [6, 6.07) is 34.2. The molecule has 0 fully saturated rings. The Morgan fingerprint density at radius 1 is 0.488 bits per heavy atom. The summed E-state index contributed by atoms with van der Waals surface area (Å²) < 4.78 is 7.48. The van der Waals surface area contributed by atoms with Crippen LogP contribution in [0.2, 0.25) is 0 Å². The Morgan fingerprint density at radius 3 is 1.44 bits per heavy atom. The molecule has 206 valence electrons. The molecule has 0 unspecified atom stereocenters. The molecule has 43 heavy (non-hydrogen) atoms. The fraction of sp³-hybridized carbons (Fsp3) is 0.158. The number of para-hydroxylation sites is 2. The molecule has 0 saturated carbocycles. The van der Waals surface area contributed by atoms with Crippen molar-refractivity contribution in [2.24, 2.45) is 0 Å². The number of nitrogens with zero attached hydrogens (tertiary/aromatic N) is 5. The van der Waals surface area contributed by atoms with Crippen molar-refractivity contribution < 1.29 is 0 Å². The molecule has 0 atom stereocenters. The molecule has 3 heterocycles. The van der Waals surface area contributed by atoms with Gasteiger partial charge in [-0.25, -0.2) is 0 Å². The predicted octanol–water partition coefficient (Wildman–Crippen LogP) is 9.48. The standard InChI is InChI=1S/C38H29N5/c1-4-41-30-13-9-7-11-27(30)34-36(41)33-28-12-8-10-14-31(28)42(5-2)37(33)35-29-20-24(17-18-32(29)43(6-3)38(34)35)23-15-16-25(21-39)26(19-23)22-40/h7-20H,4-6H2,1-3H3. The molecule has 0 amide bonds. The molecular weight excluding hydrogens is 526 g/mol. The molecule has 0 radical (unpaired) electrons. The maximum Gasteiger partial charge on any atom is 0.101 e. The van der Waals surface area contributed by atoms with Gasteiger partial charge in [0.2, 0.25) is 0 Å². The zero-order chi connectivity index (χ0) is 29.4. The van der Waals surface area contributed by atoms with Gasteiger partial charge in [-0.3, -0.25) is 0 Å². The molecule has 0 saturated heterocycles. The van der Waals surface area contributed by atoms with Crippen LogP contribution in [0, 0.1) is 22.7 Å². The Balaban J connectivity index is 1.67. The normalized spacial score (nSPS) is 11.8. The third kappa shape index (κ3) is 3.20. The van der Waals surface area contributed by atoms with Crippen molar-refractivity contribution in [1.29, 1.82) is 10.5 Å². The molecule has 0 aliphatic heterocycles. The Hall–Kier alpha value is -5.52. The molecule has 5 aromatic carbocycles. The van der Waals surface area contributed by atoms with Crippen molar-refractivity contribution in [2.45, 2.75) is 40.4 Å². The topological polar surface area (TPSA) is 62.4 Å². The summed E-state index contributed by atoms with van der Waals surface area (Å²) in [7, 11) is 0. The minimum Gasteiger partial charge on any atom is -0.340 e. The molecule has 8 aromatic rings. The predicted molar refractivity (Wildman–Crippen MR) is 177 cm³/mol. The van der Waals surface area contributed by atoms with E-state index in [1.807, 2.05) is 12.1 Å².